The van der Waals surface area contributed by atoms with Crippen LogP contribution in [-0.2, 0) is 4.79 Å². The highest BCUT2D eigenvalue weighted by Gasteiger charge is 2.36. The summed E-state index contributed by atoms with van der Waals surface area (Å²) in [5.41, 5.74) is 3.09. The first-order chi connectivity index (χ1) is 13.6. The van der Waals surface area contributed by atoms with E-state index >= 15 is 0 Å². The fraction of sp³-hybridized carbons (Fsp3) is 0.0455. The second-order valence-electron chi connectivity index (χ2n) is 6.36. The van der Waals surface area contributed by atoms with E-state index in [1.807, 2.05) is 42.5 Å². The Morgan fingerprint density at radius 2 is 1.18 bits per heavy atom. The predicted octanol–water partition coefficient (Wildman–Crippen LogP) is 3.66. The van der Waals surface area contributed by atoms with Crippen molar-refractivity contribution in [2.24, 2.45) is 0 Å². The average molecular weight is 371 g/mol. The molecule has 1 heterocycles. The van der Waals surface area contributed by atoms with E-state index in [1.54, 1.807) is 36.4 Å². The quantitative estimate of drug-likeness (QED) is 0.671. The number of hydrogen-bond acceptors (Lipinski definition) is 4. The lowest BCUT2D eigenvalue weighted by atomic mass is 10.1. The zero-order valence-corrected chi connectivity index (χ0v) is 14.9. The van der Waals surface area contributed by atoms with Crippen LogP contribution in [0.2, 0.25) is 0 Å². The van der Waals surface area contributed by atoms with Gasteiger partial charge in [-0.25, -0.2) is 0 Å². The largest absolute Gasteiger partial charge is 0.356 e. The lowest BCUT2D eigenvalue weighted by Gasteiger charge is -2.14. The van der Waals surface area contributed by atoms with Crippen molar-refractivity contribution in [2.75, 3.05) is 17.2 Å². The number of carbonyl (C=O) groups excluding carboxylic acids is 3. The number of nitrogens with zero attached hydrogens (tertiary/aromatic N) is 1. The number of carbonyl (C=O) groups is 3. The van der Waals surface area contributed by atoms with Crippen LogP contribution < -0.4 is 10.6 Å². The van der Waals surface area contributed by atoms with Crippen LogP contribution >= 0.6 is 0 Å². The van der Waals surface area contributed by atoms with E-state index in [-0.39, 0.29) is 6.54 Å². The summed E-state index contributed by atoms with van der Waals surface area (Å²) in [6.07, 6.45) is 0. The third-order valence-corrected chi connectivity index (χ3v) is 4.41. The number of benzene rings is 3. The third kappa shape index (κ3) is 3.48. The molecule has 1 aliphatic heterocycles. The van der Waals surface area contributed by atoms with Gasteiger partial charge in [-0.2, -0.15) is 0 Å². The summed E-state index contributed by atoms with van der Waals surface area (Å²) >= 11 is 0. The Balaban J connectivity index is 1.38. The number of nitrogens with one attached hydrogen (secondary N) is 2. The number of amides is 3. The van der Waals surface area contributed by atoms with Crippen LogP contribution in [0.1, 0.15) is 20.7 Å². The maximum absolute atomic E-state index is 12.3. The molecule has 0 unspecified atom stereocenters. The molecule has 3 aromatic rings. The molecule has 0 aliphatic carbocycles. The van der Waals surface area contributed by atoms with Gasteiger partial charge in [0.25, 0.3) is 11.8 Å². The van der Waals surface area contributed by atoms with Gasteiger partial charge in [-0.05, 0) is 48.5 Å². The van der Waals surface area contributed by atoms with Crippen LogP contribution in [-0.4, -0.2) is 29.2 Å². The van der Waals surface area contributed by atoms with Crippen molar-refractivity contribution in [1.82, 2.24) is 4.90 Å². The van der Waals surface area contributed by atoms with Crippen LogP contribution in [0, 0.1) is 0 Å². The predicted molar refractivity (Wildman–Crippen MR) is 107 cm³/mol. The number of para-hydroxylation sites is 1. The fourth-order valence-electron chi connectivity index (χ4n) is 3.05. The third-order valence-electron chi connectivity index (χ3n) is 4.41. The van der Waals surface area contributed by atoms with Gasteiger partial charge in [0.05, 0.1) is 11.1 Å². The van der Waals surface area contributed by atoms with E-state index in [4.69, 9.17) is 0 Å². The Bertz CT molecular complexity index is 1010. The molecule has 3 aromatic carbocycles. The molecule has 0 fully saturated rings. The monoisotopic (exact) mass is 371 g/mol. The van der Waals surface area contributed by atoms with E-state index in [0.29, 0.717) is 16.8 Å². The lowest BCUT2D eigenvalue weighted by molar-refractivity contribution is -0.116. The second kappa shape index (κ2) is 7.36. The number of anilines is 3. The van der Waals surface area contributed by atoms with Crippen LogP contribution in [0.25, 0.3) is 0 Å². The minimum Gasteiger partial charge on any atom is -0.356 e. The summed E-state index contributed by atoms with van der Waals surface area (Å²) < 4.78 is 0. The Labute approximate surface area is 161 Å². The van der Waals surface area contributed by atoms with E-state index in [9.17, 15) is 14.4 Å². The van der Waals surface area contributed by atoms with Crippen molar-refractivity contribution in [1.29, 1.82) is 0 Å². The highest BCUT2D eigenvalue weighted by Crippen LogP contribution is 2.22. The van der Waals surface area contributed by atoms with E-state index in [1.165, 1.54) is 0 Å². The molecule has 0 bridgehead atoms. The van der Waals surface area contributed by atoms with Gasteiger partial charge in [-0.3, -0.25) is 19.3 Å². The van der Waals surface area contributed by atoms with Crippen LogP contribution in [0.4, 0.5) is 17.1 Å². The summed E-state index contributed by atoms with van der Waals surface area (Å²) in [7, 11) is 0. The molecule has 0 radical (unpaired) electrons. The average Bonchev–Trinajstić information content (AvgIpc) is 2.95. The number of hydrogen-bond donors (Lipinski definition) is 2. The number of imide groups is 1. The Morgan fingerprint density at radius 1 is 0.679 bits per heavy atom. The van der Waals surface area contributed by atoms with Crippen molar-refractivity contribution >= 4 is 34.8 Å². The van der Waals surface area contributed by atoms with Gasteiger partial charge in [0.1, 0.15) is 6.54 Å². The van der Waals surface area contributed by atoms with Crippen LogP contribution in [0.5, 0.6) is 0 Å². The number of fused-ring (bicyclic) bond motifs is 1. The van der Waals surface area contributed by atoms with Crippen molar-refractivity contribution in [3.63, 3.8) is 0 Å². The molecule has 0 atom stereocenters. The Hall–Kier alpha value is -3.93. The van der Waals surface area contributed by atoms with Crippen molar-refractivity contribution in [3.05, 3.63) is 90.0 Å². The standard InChI is InChI=1S/C22H17N3O3/c26-20(14-25-21(27)18-8-4-5-9-19(18)22(25)28)24-17-12-10-16(11-13-17)23-15-6-2-1-3-7-15/h1-13,23H,14H2,(H,24,26). The Morgan fingerprint density at radius 3 is 1.79 bits per heavy atom. The summed E-state index contributed by atoms with van der Waals surface area (Å²) in [5, 5.41) is 5.97. The van der Waals surface area contributed by atoms with Gasteiger partial charge in [-0.1, -0.05) is 30.3 Å². The van der Waals surface area contributed by atoms with Crippen LogP contribution in [0.3, 0.4) is 0 Å². The normalized spacial score (nSPS) is 12.6. The first-order valence-electron chi connectivity index (χ1n) is 8.79. The zero-order valence-electron chi connectivity index (χ0n) is 14.9. The topological polar surface area (TPSA) is 78.5 Å². The molecule has 4 rings (SSSR count). The first kappa shape index (κ1) is 17.5. The molecule has 0 saturated heterocycles. The highest BCUT2D eigenvalue weighted by atomic mass is 16.2. The molecule has 1 aliphatic rings. The van der Waals surface area contributed by atoms with Crippen molar-refractivity contribution in [2.45, 2.75) is 0 Å². The molecular formula is C22H17N3O3. The molecule has 28 heavy (non-hydrogen) atoms. The maximum atomic E-state index is 12.3. The molecule has 0 spiro atoms. The van der Waals surface area contributed by atoms with Gasteiger partial charge < -0.3 is 10.6 Å². The lowest BCUT2D eigenvalue weighted by Crippen LogP contribution is -2.37. The van der Waals surface area contributed by atoms with Gasteiger partial charge in [0, 0.05) is 17.1 Å². The van der Waals surface area contributed by atoms with E-state index < -0.39 is 17.7 Å². The summed E-state index contributed by atoms with van der Waals surface area (Å²) in [6, 6.07) is 23.5. The molecular weight excluding hydrogens is 354 g/mol. The second-order valence-corrected chi connectivity index (χ2v) is 6.36. The summed E-state index contributed by atoms with van der Waals surface area (Å²) in [4.78, 5) is 37.9. The highest BCUT2D eigenvalue weighted by molar-refractivity contribution is 6.22. The summed E-state index contributed by atoms with van der Waals surface area (Å²) in [6.45, 7) is -0.323. The Kier molecular flexibility index (Phi) is 4.60. The van der Waals surface area contributed by atoms with Gasteiger partial charge in [-0.15, -0.1) is 0 Å². The van der Waals surface area contributed by atoms with Gasteiger partial charge >= 0.3 is 0 Å². The smallest absolute Gasteiger partial charge is 0.262 e. The fourth-order valence-corrected chi connectivity index (χ4v) is 3.05. The minimum absolute atomic E-state index is 0.323. The molecule has 0 aromatic heterocycles. The maximum Gasteiger partial charge on any atom is 0.262 e. The zero-order chi connectivity index (χ0) is 19.5. The molecule has 3 amide bonds. The molecule has 2 N–H and O–H groups in total. The molecule has 0 saturated carbocycles. The van der Waals surface area contributed by atoms with E-state index in [0.717, 1.165) is 16.3 Å². The molecule has 6 nitrogen and oxygen atoms in total. The minimum atomic E-state index is -0.446. The molecule has 6 heteroatoms. The SMILES string of the molecule is O=C(CN1C(=O)c2ccccc2C1=O)Nc1ccc(Nc2ccccc2)cc1. The van der Waals surface area contributed by atoms with Crippen LogP contribution in [0.15, 0.2) is 78.9 Å². The van der Waals surface area contributed by atoms with Crippen molar-refractivity contribution < 1.29 is 14.4 Å². The van der Waals surface area contributed by atoms with Crippen molar-refractivity contribution in [3.8, 4) is 0 Å². The number of rotatable bonds is 5. The molecule has 138 valence electrons. The summed E-state index contributed by atoms with van der Waals surface area (Å²) in [5.74, 6) is -1.32. The van der Waals surface area contributed by atoms with Gasteiger partial charge in [0.2, 0.25) is 5.91 Å². The van der Waals surface area contributed by atoms with E-state index in [2.05, 4.69) is 10.6 Å². The van der Waals surface area contributed by atoms with Gasteiger partial charge in [0.15, 0.2) is 0 Å². The first-order valence-corrected chi connectivity index (χ1v) is 8.79.